The lowest BCUT2D eigenvalue weighted by Gasteiger charge is -2.24. The van der Waals surface area contributed by atoms with Crippen molar-refractivity contribution in [1.29, 1.82) is 0 Å². The predicted octanol–water partition coefficient (Wildman–Crippen LogP) is 4.79. The van der Waals surface area contributed by atoms with Gasteiger partial charge in [0.15, 0.2) is 5.82 Å². The third-order valence-electron chi connectivity index (χ3n) is 5.26. The molecule has 0 spiro atoms. The van der Waals surface area contributed by atoms with Crippen LogP contribution in [0.4, 0.5) is 23.1 Å². The Balaban J connectivity index is 1.62. The fraction of sp³-hybridized carbons (Fsp3) is 0.429. The summed E-state index contributed by atoms with van der Waals surface area (Å²) < 4.78 is 27.7. The van der Waals surface area contributed by atoms with Crippen molar-refractivity contribution in [3.8, 4) is 0 Å². The van der Waals surface area contributed by atoms with Crippen LogP contribution in [0.15, 0.2) is 29.6 Å². The molecule has 0 amide bonds. The van der Waals surface area contributed by atoms with Crippen molar-refractivity contribution in [2.45, 2.75) is 44.4 Å². The normalized spacial score (nSPS) is 15.6. The number of rotatable bonds is 6. The van der Waals surface area contributed by atoms with Crippen LogP contribution in [-0.2, 0) is 10.0 Å². The summed E-state index contributed by atoms with van der Waals surface area (Å²) in [6.45, 7) is 6.85. The van der Waals surface area contributed by atoms with E-state index in [0.29, 0.717) is 34.2 Å². The first-order chi connectivity index (χ1) is 15.1. The van der Waals surface area contributed by atoms with E-state index in [0.717, 1.165) is 36.1 Å². The highest BCUT2D eigenvalue weighted by Crippen LogP contribution is 2.33. The Morgan fingerprint density at radius 3 is 2.62 bits per heavy atom. The number of sulfonamides is 1. The zero-order valence-electron chi connectivity index (χ0n) is 18.2. The number of thiophene rings is 1. The molecule has 4 N–H and O–H groups in total. The van der Waals surface area contributed by atoms with E-state index in [2.05, 4.69) is 25.7 Å². The minimum atomic E-state index is -3.61. The lowest BCUT2D eigenvalue weighted by molar-refractivity contribution is 0.477. The van der Waals surface area contributed by atoms with Crippen molar-refractivity contribution < 1.29 is 8.42 Å². The molecular formula is C21H27ClN6O2S2. The molecule has 0 saturated carbocycles. The maximum absolute atomic E-state index is 12.6. The Kier molecular flexibility index (Phi) is 6.49. The number of anilines is 4. The van der Waals surface area contributed by atoms with Gasteiger partial charge in [0.2, 0.25) is 16.0 Å². The predicted molar refractivity (Wildman–Crippen MR) is 134 cm³/mol. The Bertz CT molecular complexity index is 1220. The SMILES string of the molecule is CC(C)(C)S(=O)(=O)Nc1cc(Nc2nc(NC3CCNCC3)nc3ccsc23)ccc1Cl. The average molecular weight is 495 g/mol. The molecule has 172 valence electrons. The second kappa shape index (κ2) is 9.01. The Hall–Kier alpha value is -2.14. The van der Waals surface area contributed by atoms with E-state index < -0.39 is 14.8 Å². The van der Waals surface area contributed by atoms with Gasteiger partial charge in [-0.3, -0.25) is 4.72 Å². The maximum Gasteiger partial charge on any atom is 0.237 e. The van der Waals surface area contributed by atoms with E-state index in [-0.39, 0.29) is 0 Å². The van der Waals surface area contributed by atoms with E-state index in [1.165, 1.54) is 0 Å². The third-order valence-corrected chi connectivity index (χ3v) is 8.60. The molecule has 4 rings (SSSR count). The first kappa shape index (κ1) is 23.0. The number of benzene rings is 1. The fourth-order valence-electron chi connectivity index (χ4n) is 3.28. The Labute approximate surface area is 197 Å². The molecule has 32 heavy (non-hydrogen) atoms. The van der Waals surface area contributed by atoms with Crippen LogP contribution in [0.5, 0.6) is 0 Å². The molecule has 11 heteroatoms. The number of nitrogens with one attached hydrogen (secondary N) is 4. The summed E-state index contributed by atoms with van der Waals surface area (Å²) in [6, 6.07) is 7.41. The zero-order valence-corrected chi connectivity index (χ0v) is 20.6. The molecule has 0 bridgehead atoms. The molecule has 3 heterocycles. The van der Waals surface area contributed by atoms with Gasteiger partial charge in [0.25, 0.3) is 0 Å². The molecule has 1 saturated heterocycles. The number of hydrogen-bond donors (Lipinski definition) is 4. The topological polar surface area (TPSA) is 108 Å². The minimum absolute atomic E-state index is 0.316. The van der Waals surface area contributed by atoms with Crippen LogP contribution in [-0.4, -0.2) is 42.3 Å². The van der Waals surface area contributed by atoms with E-state index in [1.807, 2.05) is 11.4 Å². The molecule has 1 fully saturated rings. The monoisotopic (exact) mass is 494 g/mol. The van der Waals surface area contributed by atoms with Gasteiger partial charge in [-0.25, -0.2) is 13.4 Å². The maximum atomic E-state index is 12.6. The van der Waals surface area contributed by atoms with Gasteiger partial charge < -0.3 is 16.0 Å². The van der Waals surface area contributed by atoms with E-state index in [9.17, 15) is 8.42 Å². The lowest BCUT2D eigenvalue weighted by atomic mass is 10.1. The van der Waals surface area contributed by atoms with Gasteiger partial charge in [-0.2, -0.15) is 4.98 Å². The van der Waals surface area contributed by atoms with Crippen LogP contribution in [0.3, 0.4) is 0 Å². The summed E-state index contributed by atoms with van der Waals surface area (Å²) in [5.41, 5.74) is 1.84. The highest BCUT2D eigenvalue weighted by Gasteiger charge is 2.29. The van der Waals surface area contributed by atoms with Gasteiger partial charge >= 0.3 is 0 Å². The highest BCUT2D eigenvalue weighted by atomic mass is 35.5. The van der Waals surface area contributed by atoms with E-state index in [4.69, 9.17) is 16.6 Å². The molecule has 0 radical (unpaired) electrons. The number of halogens is 1. The molecule has 1 aliphatic heterocycles. The summed E-state index contributed by atoms with van der Waals surface area (Å²) in [5, 5.41) is 12.4. The van der Waals surface area contributed by atoms with Crippen molar-refractivity contribution in [3.05, 3.63) is 34.7 Å². The summed E-state index contributed by atoms with van der Waals surface area (Å²) in [7, 11) is -3.61. The molecule has 2 aromatic heterocycles. The van der Waals surface area contributed by atoms with Crippen molar-refractivity contribution in [2.75, 3.05) is 28.4 Å². The summed E-state index contributed by atoms with van der Waals surface area (Å²) in [4.78, 5) is 9.37. The van der Waals surface area contributed by atoms with Crippen LogP contribution in [0.1, 0.15) is 33.6 Å². The number of piperidine rings is 1. The second-order valence-electron chi connectivity index (χ2n) is 8.74. The number of aromatic nitrogens is 2. The van der Waals surface area contributed by atoms with Gasteiger partial charge in [-0.15, -0.1) is 11.3 Å². The summed E-state index contributed by atoms with van der Waals surface area (Å²) in [6.07, 6.45) is 2.03. The molecular weight excluding hydrogens is 468 g/mol. The lowest BCUT2D eigenvalue weighted by Crippen LogP contribution is -2.35. The first-order valence-corrected chi connectivity index (χ1v) is 13.2. The van der Waals surface area contributed by atoms with Crippen molar-refractivity contribution in [3.63, 3.8) is 0 Å². The molecule has 1 aliphatic rings. The third kappa shape index (κ3) is 5.09. The Morgan fingerprint density at radius 2 is 1.91 bits per heavy atom. The fourth-order valence-corrected chi connectivity index (χ4v) is 5.04. The number of hydrogen-bond acceptors (Lipinski definition) is 8. The quantitative estimate of drug-likeness (QED) is 0.390. The van der Waals surface area contributed by atoms with Crippen molar-refractivity contribution in [2.24, 2.45) is 0 Å². The smallest absolute Gasteiger partial charge is 0.237 e. The number of fused-ring (bicyclic) bond motifs is 1. The molecule has 1 aromatic carbocycles. The van der Waals surface area contributed by atoms with Crippen LogP contribution < -0.4 is 20.7 Å². The van der Waals surface area contributed by atoms with Crippen molar-refractivity contribution >= 4 is 66.3 Å². The Morgan fingerprint density at radius 1 is 1.16 bits per heavy atom. The van der Waals surface area contributed by atoms with Gasteiger partial charge in [0.1, 0.15) is 0 Å². The standard InChI is InChI=1S/C21H27ClN6O2S2/c1-21(2,3)32(29,30)28-17-12-14(4-5-15(17)22)24-19-18-16(8-11-31-18)26-20(27-19)25-13-6-9-23-10-7-13/h4-5,8,11-13,23,28H,6-7,9-10H2,1-3H3,(H2,24,25,26,27). The second-order valence-corrected chi connectivity index (χ2v) is 12.5. The van der Waals surface area contributed by atoms with Crippen LogP contribution >= 0.6 is 22.9 Å². The molecule has 3 aromatic rings. The van der Waals surface area contributed by atoms with Gasteiger partial charge in [0, 0.05) is 11.7 Å². The highest BCUT2D eigenvalue weighted by molar-refractivity contribution is 7.94. The molecule has 0 aliphatic carbocycles. The van der Waals surface area contributed by atoms with E-state index in [1.54, 1.807) is 50.3 Å². The largest absolute Gasteiger partial charge is 0.351 e. The first-order valence-electron chi connectivity index (χ1n) is 10.4. The van der Waals surface area contributed by atoms with Gasteiger partial charge in [0.05, 0.1) is 25.7 Å². The van der Waals surface area contributed by atoms with Gasteiger partial charge in [-0.1, -0.05) is 11.6 Å². The number of nitrogens with zero attached hydrogens (tertiary/aromatic N) is 2. The van der Waals surface area contributed by atoms with Crippen LogP contribution in [0, 0.1) is 0 Å². The van der Waals surface area contributed by atoms with Crippen LogP contribution in [0.25, 0.3) is 10.2 Å². The molecule has 0 unspecified atom stereocenters. The van der Waals surface area contributed by atoms with Crippen molar-refractivity contribution in [1.82, 2.24) is 15.3 Å². The van der Waals surface area contributed by atoms with Crippen LogP contribution in [0.2, 0.25) is 5.02 Å². The van der Waals surface area contributed by atoms with E-state index >= 15 is 0 Å². The van der Waals surface area contributed by atoms with Gasteiger partial charge in [-0.05, 0) is 76.3 Å². The minimum Gasteiger partial charge on any atom is -0.351 e. The summed E-state index contributed by atoms with van der Waals surface area (Å²) >= 11 is 7.82. The average Bonchev–Trinajstić information content (AvgIpc) is 3.19. The zero-order chi connectivity index (χ0) is 22.9. The molecule has 0 atom stereocenters. The summed E-state index contributed by atoms with van der Waals surface area (Å²) in [5.74, 6) is 1.24. The molecule has 8 nitrogen and oxygen atoms in total.